The minimum atomic E-state index is -0.426. The lowest BCUT2D eigenvalue weighted by atomic mass is 10.2. The third-order valence-corrected chi connectivity index (χ3v) is 3.28. The number of rotatable bonds is 6. The third kappa shape index (κ3) is 2.97. The number of hydrogen-bond donors (Lipinski definition) is 1. The number of pyridine rings is 1. The maximum atomic E-state index is 9.71. The van der Waals surface area contributed by atoms with Crippen molar-refractivity contribution in [2.45, 2.75) is 51.7 Å². The summed E-state index contributed by atoms with van der Waals surface area (Å²) in [4.78, 5) is 6.81. The zero-order chi connectivity index (χ0) is 12.3. The van der Waals surface area contributed by atoms with Gasteiger partial charge in [-0.25, -0.2) is 0 Å². The lowest BCUT2D eigenvalue weighted by Crippen LogP contribution is -2.26. The van der Waals surface area contributed by atoms with E-state index in [1.54, 1.807) is 0 Å². The highest BCUT2D eigenvalue weighted by Gasteiger charge is 2.28. The van der Waals surface area contributed by atoms with Crippen LogP contribution < -0.4 is 4.90 Å². The van der Waals surface area contributed by atoms with Gasteiger partial charge in [0.15, 0.2) is 0 Å². The van der Waals surface area contributed by atoms with Crippen molar-refractivity contribution in [1.29, 1.82) is 0 Å². The van der Waals surface area contributed by atoms with E-state index in [9.17, 15) is 5.11 Å². The van der Waals surface area contributed by atoms with Crippen LogP contribution in [0.15, 0.2) is 18.3 Å². The number of hydrogen-bond acceptors (Lipinski definition) is 3. The summed E-state index contributed by atoms with van der Waals surface area (Å²) in [7, 11) is 0. The van der Waals surface area contributed by atoms with Gasteiger partial charge < -0.3 is 10.0 Å². The monoisotopic (exact) mass is 234 g/mol. The third-order valence-electron chi connectivity index (χ3n) is 3.28. The average Bonchev–Trinajstić information content (AvgIpc) is 3.19. The Bertz CT molecular complexity index is 346. The van der Waals surface area contributed by atoms with E-state index in [0.29, 0.717) is 6.42 Å². The fourth-order valence-electron chi connectivity index (χ4n) is 2.12. The molecule has 1 aromatic heterocycles. The molecule has 1 aliphatic carbocycles. The van der Waals surface area contributed by atoms with Crippen LogP contribution >= 0.6 is 0 Å². The first-order valence-corrected chi connectivity index (χ1v) is 6.67. The van der Waals surface area contributed by atoms with Crippen LogP contribution in [0.4, 0.5) is 5.69 Å². The summed E-state index contributed by atoms with van der Waals surface area (Å²) in [5.74, 6) is 0. The van der Waals surface area contributed by atoms with Crippen molar-refractivity contribution >= 4 is 5.69 Å². The SMILES string of the molecule is CCCN(c1ccc([C@H](O)CC)nc1)C1CC1. The van der Waals surface area contributed by atoms with E-state index >= 15 is 0 Å². The molecule has 1 N–H and O–H groups in total. The topological polar surface area (TPSA) is 36.4 Å². The number of aromatic nitrogens is 1. The Labute approximate surface area is 103 Å². The second-order valence-corrected chi connectivity index (χ2v) is 4.79. The molecule has 1 atom stereocenters. The summed E-state index contributed by atoms with van der Waals surface area (Å²) in [6.07, 6.45) is 5.97. The molecule has 0 aromatic carbocycles. The summed E-state index contributed by atoms with van der Waals surface area (Å²) in [6, 6.07) is 4.77. The Morgan fingerprint density at radius 1 is 1.41 bits per heavy atom. The maximum absolute atomic E-state index is 9.71. The summed E-state index contributed by atoms with van der Waals surface area (Å²) in [5.41, 5.74) is 1.98. The number of anilines is 1. The van der Waals surface area contributed by atoms with Crippen molar-refractivity contribution in [2.75, 3.05) is 11.4 Å². The van der Waals surface area contributed by atoms with Crippen LogP contribution in [-0.2, 0) is 0 Å². The Morgan fingerprint density at radius 2 is 2.18 bits per heavy atom. The number of aliphatic hydroxyl groups is 1. The van der Waals surface area contributed by atoms with E-state index in [4.69, 9.17) is 0 Å². The molecule has 3 heteroatoms. The summed E-state index contributed by atoms with van der Waals surface area (Å²) < 4.78 is 0. The molecule has 0 unspecified atom stereocenters. The first-order valence-electron chi connectivity index (χ1n) is 6.67. The van der Waals surface area contributed by atoms with Gasteiger partial charge in [-0.2, -0.15) is 0 Å². The minimum Gasteiger partial charge on any atom is -0.387 e. The van der Waals surface area contributed by atoms with Crippen molar-refractivity contribution in [3.63, 3.8) is 0 Å². The van der Waals surface area contributed by atoms with Gasteiger partial charge >= 0.3 is 0 Å². The summed E-state index contributed by atoms with van der Waals surface area (Å²) in [5, 5.41) is 9.71. The first kappa shape index (κ1) is 12.4. The van der Waals surface area contributed by atoms with Crippen molar-refractivity contribution in [3.05, 3.63) is 24.0 Å². The predicted octanol–water partition coefficient (Wildman–Crippen LogP) is 2.90. The standard InChI is InChI=1S/C14H22N2O/c1-3-9-16(11-5-6-11)12-7-8-13(15-10-12)14(17)4-2/h7-8,10-11,14,17H,3-6,9H2,1-2H3/t14-/m1/s1. The number of nitrogens with zero attached hydrogens (tertiary/aromatic N) is 2. The molecule has 1 fully saturated rings. The highest BCUT2D eigenvalue weighted by molar-refractivity contribution is 5.47. The molecule has 3 nitrogen and oxygen atoms in total. The van der Waals surface area contributed by atoms with Crippen LogP contribution in [0.2, 0.25) is 0 Å². The fourth-order valence-corrected chi connectivity index (χ4v) is 2.12. The Kier molecular flexibility index (Phi) is 4.00. The van der Waals surface area contributed by atoms with Crippen LogP contribution in [0.3, 0.4) is 0 Å². The van der Waals surface area contributed by atoms with Crippen LogP contribution in [-0.4, -0.2) is 22.7 Å². The second kappa shape index (κ2) is 5.50. The molecule has 0 radical (unpaired) electrons. The lowest BCUT2D eigenvalue weighted by Gasteiger charge is -2.24. The van der Waals surface area contributed by atoms with Crippen LogP contribution in [0.5, 0.6) is 0 Å². The molecular formula is C14H22N2O. The van der Waals surface area contributed by atoms with E-state index in [2.05, 4.69) is 22.9 Å². The number of aliphatic hydroxyl groups excluding tert-OH is 1. The molecule has 0 bridgehead atoms. The van der Waals surface area contributed by atoms with Crippen LogP contribution in [0, 0.1) is 0 Å². The minimum absolute atomic E-state index is 0.426. The molecule has 94 valence electrons. The van der Waals surface area contributed by atoms with Crippen molar-refractivity contribution < 1.29 is 5.11 Å². The molecule has 1 aromatic rings. The van der Waals surface area contributed by atoms with Gasteiger partial charge in [0, 0.05) is 12.6 Å². The second-order valence-electron chi connectivity index (χ2n) is 4.79. The van der Waals surface area contributed by atoms with Gasteiger partial charge in [-0.1, -0.05) is 13.8 Å². The highest BCUT2D eigenvalue weighted by atomic mass is 16.3. The molecule has 0 amide bonds. The average molecular weight is 234 g/mol. The molecule has 0 spiro atoms. The Morgan fingerprint density at radius 3 is 2.65 bits per heavy atom. The molecule has 0 aliphatic heterocycles. The largest absolute Gasteiger partial charge is 0.387 e. The molecule has 0 saturated heterocycles. The van der Waals surface area contributed by atoms with Crippen molar-refractivity contribution in [1.82, 2.24) is 4.98 Å². The molecule has 2 rings (SSSR count). The predicted molar refractivity (Wildman–Crippen MR) is 70.1 cm³/mol. The van der Waals surface area contributed by atoms with E-state index < -0.39 is 6.10 Å². The Hall–Kier alpha value is -1.09. The maximum Gasteiger partial charge on any atom is 0.0957 e. The van der Waals surface area contributed by atoms with Gasteiger partial charge in [-0.3, -0.25) is 4.98 Å². The first-order chi connectivity index (χ1) is 8.26. The molecular weight excluding hydrogens is 212 g/mol. The Balaban J connectivity index is 2.09. The quantitative estimate of drug-likeness (QED) is 0.822. The van der Waals surface area contributed by atoms with Gasteiger partial charge in [-0.05, 0) is 37.8 Å². The van der Waals surface area contributed by atoms with Gasteiger partial charge in [0.2, 0.25) is 0 Å². The highest BCUT2D eigenvalue weighted by Crippen LogP contribution is 2.31. The van der Waals surface area contributed by atoms with E-state index in [-0.39, 0.29) is 0 Å². The van der Waals surface area contributed by atoms with Crippen LogP contribution in [0.1, 0.15) is 51.3 Å². The molecule has 17 heavy (non-hydrogen) atoms. The van der Waals surface area contributed by atoms with Crippen molar-refractivity contribution in [2.24, 2.45) is 0 Å². The van der Waals surface area contributed by atoms with E-state index in [1.807, 2.05) is 19.2 Å². The van der Waals surface area contributed by atoms with Crippen LogP contribution in [0.25, 0.3) is 0 Å². The van der Waals surface area contributed by atoms with Gasteiger partial charge in [0.1, 0.15) is 0 Å². The molecule has 1 heterocycles. The van der Waals surface area contributed by atoms with Gasteiger partial charge in [-0.15, -0.1) is 0 Å². The zero-order valence-electron chi connectivity index (χ0n) is 10.8. The normalized spacial score (nSPS) is 16.9. The van der Waals surface area contributed by atoms with E-state index in [1.165, 1.54) is 18.5 Å². The summed E-state index contributed by atoms with van der Waals surface area (Å²) >= 11 is 0. The zero-order valence-corrected chi connectivity index (χ0v) is 10.8. The van der Waals surface area contributed by atoms with Gasteiger partial charge in [0.05, 0.1) is 23.7 Å². The summed E-state index contributed by atoms with van der Waals surface area (Å²) in [6.45, 7) is 5.27. The smallest absolute Gasteiger partial charge is 0.0957 e. The van der Waals surface area contributed by atoms with Gasteiger partial charge in [0.25, 0.3) is 0 Å². The molecule has 1 aliphatic rings. The van der Waals surface area contributed by atoms with E-state index in [0.717, 1.165) is 24.7 Å². The fraction of sp³-hybridized carbons (Fsp3) is 0.643. The van der Waals surface area contributed by atoms with Crippen molar-refractivity contribution in [3.8, 4) is 0 Å². The molecule has 1 saturated carbocycles. The lowest BCUT2D eigenvalue weighted by molar-refractivity contribution is 0.169.